The summed E-state index contributed by atoms with van der Waals surface area (Å²) in [6.07, 6.45) is 2.30. The Morgan fingerprint density at radius 1 is 1.40 bits per heavy atom. The van der Waals surface area contributed by atoms with E-state index in [4.69, 9.17) is 5.11 Å². The third-order valence-electron chi connectivity index (χ3n) is 1.72. The molecule has 0 atom stereocenters. The highest BCUT2D eigenvalue weighted by molar-refractivity contribution is 4.66. The molecule has 1 aliphatic rings. The van der Waals surface area contributed by atoms with Gasteiger partial charge >= 0.3 is 0 Å². The number of nitrogens with one attached hydrogen (secondary N) is 1. The SMILES string of the molecule is CF.OCC1CCNCC1. The van der Waals surface area contributed by atoms with Crippen LogP contribution in [-0.4, -0.2) is 32.0 Å². The lowest BCUT2D eigenvalue weighted by molar-refractivity contribution is 0.196. The molecule has 1 fully saturated rings. The fraction of sp³-hybridized carbons (Fsp3) is 1.00. The fourth-order valence-corrected chi connectivity index (χ4v) is 1.06. The van der Waals surface area contributed by atoms with Gasteiger partial charge in [-0.1, -0.05) is 0 Å². The third kappa shape index (κ3) is 3.80. The van der Waals surface area contributed by atoms with Gasteiger partial charge in [-0.25, -0.2) is 0 Å². The van der Waals surface area contributed by atoms with Crippen molar-refractivity contribution in [3.8, 4) is 0 Å². The van der Waals surface area contributed by atoms with Crippen molar-refractivity contribution in [1.29, 1.82) is 0 Å². The monoisotopic (exact) mass is 149 g/mol. The molecular formula is C7H16FNO. The molecule has 0 aliphatic carbocycles. The van der Waals surface area contributed by atoms with Crippen LogP contribution >= 0.6 is 0 Å². The molecule has 1 saturated heterocycles. The van der Waals surface area contributed by atoms with Crippen LogP contribution in [0.3, 0.4) is 0 Å². The molecule has 1 heterocycles. The maximum Gasteiger partial charge on any atom is 0.0785 e. The highest BCUT2D eigenvalue weighted by atomic mass is 19.1. The summed E-state index contributed by atoms with van der Waals surface area (Å²) in [7, 11) is 0.500. The molecule has 0 aromatic heterocycles. The van der Waals surface area contributed by atoms with Crippen LogP contribution in [0, 0.1) is 5.92 Å². The number of piperidine rings is 1. The van der Waals surface area contributed by atoms with Crippen LogP contribution in [0.1, 0.15) is 12.8 Å². The number of rotatable bonds is 1. The van der Waals surface area contributed by atoms with E-state index in [1.165, 1.54) is 0 Å². The quantitative estimate of drug-likeness (QED) is 0.571. The second-order valence-corrected chi connectivity index (χ2v) is 2.38. The van der Waals surface area contributed by atoms with Crippen LogP contribution in [0.4, 0.5) is 4.39 Å². The maximum absolute atomic E-state index is 9.50. The third-order valence-corrected chi connectivity index (χ3v) is 1.72. The van der Waals surface area contributed by atoms with Crippen LogP contribution in [0.2, 0.25) is 0 Å². The summed E-state index contributed by atoms with van der Waals surface area (Å²) in [6, 6.07) is 0. The van der Waals surface area contributed by atoms with Gasteiger partial charge in [0.2, 0.25) is 0 Å². The zero-order valence-corrected chi connectivity index (χ0v) is 6.44. The van der Waals surface area contributed by atoms with Crippen molar-refractivity contribution in [1.82, 2.24) is 5.32 Å². The minimum Gasteiger partial charge on any atom is -0.396 e. The van der Waals surface area contributed by atoms with Crippen LogP contribution in [-0.2, 0) is 0 Å². The van der Waals surface area contributed by atoms with Gasteiger partial charge in [0.1, 0.15) is 0 Å². The fourth-order valence-electron chi connectivity index (χ4n) is 1.06. The van der Waals surface area contributed by atoms with E-state index in [-0.39, 0.29) is 0 Å². The number of hydrogen-bond acceptors (Lipinski definition) is 2. The van der Waals surface area contributed by atoms with Crippen LogP contribution < -0.4 is 5.32 Å². The van der Waals surface area contributed by atoms with E-state index in [2.05, 4.69) is 5.32 Å². The minimum absolute atomic E-state index is 0.377. The Bertz CT molecular complexity index is 64.6. The van der Waals surface area contributed by atoms with Crippen LogP contribution in [0.5, 0.6) is 0 Å². The van der Waals surface area contributed by atoms with Gasteiger partial charge < -0.3 is 10.4 Å². The van der Waals surface area contributed by atoms with E-state index in [0.717, 1.165) is 25.9 Å². The first-order valence-corrected chi connectivity index (χ1v) is 3.63. The Morgan fingerprint density at radius 3 is 2.20 bits per heavy atom. The first kappa shape index (κ1) is 9.85. The highest BCUT2D eigenvalue weighted by Crippen LogP contribution is 2.08. The Labute approximate surface area is 61.4 Å². The molecule has 0 aromatic rings. The number of aliphatic hydroxyl groups excluding tert-OH is 1. The molecule has 2 N–H and O–H groups in total. The predicted octanol–water partition coefficient (Wildman–Crippen LogP) is 0.564. The Kier molecular flexibility index (Phi) is 6.86. The summed E-state index contributed by atoms with van der Waals surface area (Å²) in [5.41, 5.74) is 0. The zero-order chi connectivity index (χ0) is 7.82. The largest absolute Gasteiger partial charge is 0.396 e. The first-order chi connectivity index (χ1) is 4.93. The van der Waals surface area contributed by atoms with Crippen molar-refractivity contribution in [2.75, 3.05) is 26.9 Å². The van der Waals surface area contributed by atoms with Crippen molar-refractivity contribution in [2.45, 2.75) is 12.8 Å². The van der Waals surface area contributed by atoms with E-state index in [0.29, 0.717) is 19.7 Å². The Balaban J connectivity index is 0.000000371. The number of halogens is 1. The maximum atomic E-state index is 9.50. The van der Waals surface area contributed by atoms with Gasteiger partial charge in [-0.05, 0) is 31.8 Å². The molecule has 0 bridgehead atoms. The normalized spacial score (nSPS) is 19.5. The topological polar surface area (TPSA) is 32.3 Å². The lowest BCUT2D eigenvalue weighted by Crippen LogP contribution is -2.29. The van der Waals surface area contributed by atoms with Gasteiger partial charge in [0.05, 0.1) is 7.18 Å². The summed E-state index contributed by atoms with van der Waals surface area (Å²) in [5, 5.41) is 11.9. The molecule has 0 aromatic carbocycles. The average molecular weight is 149 g/mol. The van der Waals surface area contributed by atoms with Crippen molar-refractivity contribution in [3.63, 3.8) is 0 Å². The van der Waals surface area contributed by atoms with Gasteiger partial charge in [-0.2, -0.15) is 0 Å². The summed E-state index contributed by atoms with van der Waals surface area (Å²) < 4.78 is 9.50. The summed E-state index contributed by atoms with van der Waals surface area (Å²) >= 11 is 0. The second kappa shape index (κ2) is 6.96. The molecule has 2 nitrogen and oxygen atoms in total. The van der Waals surface area contributed by atoms with Crippen LogP contribution in [0.25, 0.3) is 0 Å². The first-order valence-electron chi connectivity index (χ1n) is 3.63. The molecule has 0 spiro atoms. The Hall–Kier alpha value is -0.150. The molecular weight excluding hydrogens is 133 g/mol. The average Bonchev–Trinajstić information content (AvgIpc) is 2.10. The van der Waals surface area contributed by atoms with E-state index < -0.39 is 0 Å². The lowest BCUT2D eigenvalue weighted by atomic mass is 10.00. The Morgan fingerprint density at radius 2 is 1.90 bits per heavy atom. The van der Waals surface area contributed by atoms with Crippen molar-refractivity contribution < 1.29 is 9.50 Å². The number of alkyl halides is 1. The molecule has 0 saturated carbocycles. The molecule has 1 aliphatic heterocycles. The molecule has 0 unspecified atom stereocenters. The summed E-state index contributed by atoms with van der Waals surface area (Å²) in [4.78, 5) is 0. The standard InChI is InChI=1S/C6H13NO.CH3F/c8-5-6-1-3-7-4-2-6;1-2/h6-8H,1-5H2;1H3. The molecule has 0 radical (unpaired) electrons. The second-order valence-electron chi connectivity index (χ2n) is 2.38. The minimum atomic E-state index is 0.377. The van der Waals surface area contributed by atoms with Gasteiger partial charge in [0.25, 0.3) is 0 Å². The highest BCUT2D eigenvalue weighted by Gasteiger charge is 2.09. The van der Waals surface area contributed by atoms with Gasteiger partial charge in [-0.15, -0.1) is 0 Å². The molecule has 62 valence electrons. The van der Waals surface area contributed by atoms with Gasteiger partial charge in [0, 0.05) is 6.61 Å². The lowest BCUT2D eigenvalue weighted by Gasteiger charge is -2.19. The summed E-state index contributed by atoms with van der Waals surface area (Å²) in [6.45, 7) is 2.55. The van der Waals surface area contributed by atoms with E-state index in [1.54, 1.807) is 0 Å². The van der Waals surface area contributed by atoms with Crippen molar-refractivity contribution in [2.24, 2.45) is 5.92 Å². The van der Waals surface area contributed by atoms with Crippen molar-refractivity contribution in [3.05, 3.63) is 0 Å². The molecule has 3 heteroatoms. The zero-order valence-electron chi connectivity index (χ0n) is 6.44. The number of aliphatic hydroxyl groups is 1. The predicted molar refractivity (Wildman–Crippen MR) is 39.7 cm³/mol. The van der Waals surface area contributed by atoms with E-state index in [1.807, 2.05) is 0 Å². The smallest absolute Gasteiger partial charge is 0.0785 e. The van der Waals surface area contributed by atoms with E-state index >= 15 is 0 Å². The van der Waals surface area contributed by atoms with Crippen molar-refractivity contribution >= 4 is 0 Å². The molecule has 1 rings (SSSR count). The number of hydrogen-bond donors (Lipinski definition) is 2. The van der Waals surface area contributed by atoms with Gasteiger partial charge in [-0.3, -0.25) is 4.39 Å². The van der Waals surface area contributed by atoms with Gasteiger partial charge in [0.15, 0.2) is 0 Å². The molecule has 0 amide bonds. The van der Waals surface area contributed by atoms with Crippen LogP contribution in [0.15, 0.2) is 0 Å². The van der Waals surface area contributed by atoms with E-state index in [9.17, 15) is 4.39 Å². The molecule has 10 heavy (non-hydrogen) atoms. The summed E-state index contributed by atoms with van der Waals surface area (Å²) in [5.74, 6) is 0.580.